The Morgan fingerprint density at radius 3 is 2.55 bits per heavy atom. The highest BCUT2D eigenvalue weighted by Crippen LogP contribution is 2.15. The van der Waals surface area contributed by atoms with E-state index in [0.717, 1.165) is 0 Å². The molecule has 0 amide bonds. The van der Waals surface area contributed by atoms with E-state index >= 15 is 0 Å². The largest absolute Gasteiger partial charge is 0.476 e. The number of hydrogen-bond acceptors (Lipinski definition) is 5. The first-order valence-corrected chi connectivity index (χ1v) is 7.07. The second kappa shape index (κ2) is 7.88. The number of ether oxygens (including phenoxy) is 2. The van der Waals surface area contributed by atoms with Crippen molar-refractivity contribution in [3.05, 3.63) is 35.8 Å². The first-order valence-electron chi connectivity index (χ1n) is 7.07. The first-order chi connectivity index (χ1) is 10.7. The Morgan fingerprint density at radius 2 is 1.95 bits per heavy atom. The topological polar surface area (TPSA) is 76.3 Å². The molecule has 2 heterocycles. The summed E-state index contributed by atoms with van der Waals surface area (Å²) in [5.74, 6) is -1.02. The van der Waals surface area contributed by atoms with Gasteiger partial charge in [-0.1, -0.05) is 6.07 Å². The van der Waals surface area contributed by atoms with Gasteiger partial charge in [0.1, 0.15) is 5.65 Å². The number of fused-ring (bicyclic) bond motifs is 1. The van der Waals surface area contributed by atoms with E-state index in [1.807, 2.05) is 22.7 Å². The van der Waals surface area contributed by atoms with Gasteiger partial charge in [0.2, 0.25) is 0 Å². The molecule has 0 aliphatic carbocycles. The third-order valence-electron chi connectivity index (χ3n) is 3.43. The van der Waals surface area contributed by atoms with Crippen LogP contribution >= 0.6 is 0 Å². The zero-order valence-corrected chi connectivity index (χ0v) is 12.9. The highest BCUT2D eigenvalue weighted by atomic mass is 16.5. The molecular formula is C15H21N3O4. The van der Waals surface area contributed by atoms with Gasteiger partial charge in [0, 0.05) is 40.1 Å². The lowest BCUT2D eigenvalue weighted by atomic mass is 10.3. The Balaban J connectivity index is 2.29. The number of nitrogens with zero attached hydrogens (tertiary/aromatic N) is 3. The fourth-order valence-corrected chi connectivity index (χ4v) is 2.29. The lowest BCUT2D eigenvalue weighted by Gasteiger charge is -2.21. The minimum absolute atomic E-state index is 0.0889. The van der Waals surface area contributed by atoms with Crippen molar-refractivity contribution in [2.45, 2.75) is 6.54 Å². The summed E-state index contributed by atoms with van der Waals surface area (Å²) in [5.41, 5.74) is 1.38. The molecule has 7 nitrogen and oxygen atoms in total. The number of aromatic nitrogens is 2. The van der Waals surface area contributed by atoms with E-state index in [-0.39, 0.29) is 5.69 Å². The summed E-state index contributed by atoms with van der Waals surface area (Å²) in [6.45, 7) is 3.00. The lowest BCUT2D eigenvalue weighted by molar-refractivity contribution is 0.0686. The van der Waals surface area contributed by atoms with Crippen molar-refractivity contribution in [2.75, 3.05) is 40.5 Å². The van der Waals surface area contributed by atoms with Gasteiger partial charge in [-0.3, -0.25) is 4.90 Å². The number of rotatable bonds is 9. The molecule has 7 heteroatoms. The molecule has 2 aromatic heterocycles. The van der Waals surface area contributed by atoms with E-state index in [0.29, 0.717) is 44.2 Å². The quantitative estimate of drug-likeness (QED) is 0.748. The zero-order chi connectivity index (χ0) is 15.9. The van der Waals surface area contributed by atoms with Crippen molar-refractivity contribution in [3.63, 3.8) is 0 Å². The van der Waals surface area contributed by atoms with Crippen LogP contribution in [0.2, 0.25) is 0 Å². The number of carbonyl (C=O) groups is 1. The molecule has 0 bridgehead atoms. The van der Waals surface area contributed by atoms with E-state index in [1.165, 1.54) is 0 Å². The fourth-order valence-electron chi connectivity index (χ4n) is 2.29. The summed E-state index contributed by atoms with van der Waals surface area (Å²) in [7, 11) is 3.29. The molecular weight excluding hydrogens is 286 g/mol. The molecule has 0 aliphatic rings. The number of carboxylic acid groups (broad SMARTS) is 1. The molecule has 22 heavy (non-hydrogen) atoms. The van der Waals surface area contributed by atoms with E-state index in [1.54, 1.807) is 20.3 Å². The van der Waals surface area contributed by atoms with E-state index in [4.69, 9.17) is 9.47 Å². The minimum atomic E-state index is -1.02. The molecule has 0 aliphatic heterocycles. The minimum Gasteiger partial charge on any atom is -0.476 e. The van der Waals surface area contributed by atoms with Gasteiger partial charge in [-0.05, 0) is 12.1 Å². The summed E-state index contributed by atoms with van der Waals surface area (Å²) in [4.78, 5) is 17.8. The molecule has 0 fully saturated rings. The second-order valence-corrected chi connectivity index (χ2v) is 4.90. The molecule has 0 saturated heterocycles. The number of hydrogen-bond donors (Lipinski definition) is 1. The number of aromatic carboxylic acids is 1. The molecule has 2 rings (SSSR count). The van der Waals surface area contributed by atoms with Gasteiger partial charge in [0.05, 0.1) is 18.9 Å². The van der Waals surface area contributed by atoms with Crippen molar-refractivity contribution in [2.24, 2.45) is 0 Å². The third kappa shape index (κ3) is 3.82. The van der Waals surface area contributed by atoms with Crippen molar-refractivity contribution in [3.8, 4) is 0 Å². The van der Waals surface area contributed by atoms with Crippen LogP contribution < -0.4 is 0 Å². The lowest BCUT2D eigenvalue weighted by Crippen LogP contribution is -2.31. The smallest absolute Gasteiger partial charge is 0.356 e. The molecule has 0 unspecified atom stereocenters. The molecule has 0 saturated carbocycles. The molecule has 0 aromatic carbocycles. The number of pyridine rings is 1. The summed E-state index contributed by atoms with van der Waals surface area (Å²) in [6, 6.07) is 5.49. The van der Waals surface area contributed by atoms with Crippen LogP contribution in [0.5, 0.6) is 0 Å². The van der Waals surface area contributed by atoms with Gasteiger partial charge >= 0.3 is 5.97 Å². The van der Waals surface area contributed by atoms with Crippen molar-refractivity contribution in [1.82, 2.24) is 14.3 Å². The summed E-state index contributed by atoms with van der Waals surface area (Å²) >= 11 is 0. The average Bonchev–Trinajstić information content (AvgIpc) is 2.89. The molecule has 0 atom stereocenters. The predicted octanol–water partition coefficient (Wildman–Crippen LogP) is 1.13. The number of methoxy groups -OCH3 is 2. The summed E-state index contributed by atoms with van der Waals surface area (Å²) in [5, 5.41) is 9.39. The molecule has 1 N–H and O–H groups in total. The fraction of sp³-hybridized carbons (Fsp3) is 0.467. The van der Waals surface area contributed by atoms with E-state index in [2.05, 4.69) is 9.88 Å². The SMILES string of the molecule is COCCN(CCOC)Cc1c(C(=O)O)nc2ccccn12. The van der Waals surface area contributed by atoms with Crippen molar-refractivity contribution < 1.29 is 19.4 Å². The Labute approximate surface area is 129 Å². The van der Waals surface area contributed by atoms with Crippen LogP contribution in [0.4, 0.5) is 0 Å². The van der Waals surface area contributed by atoms with E-state index in [9.17, 15) is 9.90 Å². The van der Waals surface area contributed by atoms with Gasteiger partial charge in [0.25, 0.3) is 0 Å². The molecule has 0 spiro atoms. The highest BCUT2D eigenvalue weighted by molar-refractivity contribution is 5.87. The van der Waals surface area contributed by atoms with Gasteiger partial charge in [-0.25, -0.2) is 9.78 Å². The monoisotopic (exact) mass is 307 g/mol. The normalized spacial score (nSPS) is 11.4. The Kier molecular flexibility index (Phi) is 5.88. The summed E-state index contributed by atoms with van der Waals surface area (Å²) in [6.07, 6.45) is 1.83. The van der Waals surface area contributed by atoms with E-state index < -0.39 is 5.97 Å². The van der Waals surface area contributed by atoms with Crippen LogP contribution in [-0.2, 0) is 16.0 Å². The molecule has 120 valence electrons. The molecule has 2 aromatic rings. The van der Waals surface area contributed by atoms with Crippen LogP contribution in [0.15, 0.2) is 24.4 Å². The number of carboxylic acids is 1. The maximum Gasteiger partial charge on any atom is 0.356 e. The predicted molar refractivity (Wildman–Crippen MR) is 81.2 cm³/mol. The Morgan fingerprint density at radius 1 is 1.27 bits per heavy atom. The maximum atomic E-state index is 11.5. The maximum absolute atomic E-state index is 11.5. The highest BCUT2D eigenvalue weighted by Gasteiger charge is 2.20. The average molecular weight is 307 g/mol. The second-order valence-electron chi connectivity index (χ2n) is 4.90. The van der Waals surface area contributed by atoms with Crippen molar-refractivity contribution >= 4 is 11.6 Å². The third-order valence-corrected chi connectivity index (χ3v) is 3.43. The van der Waals surface area contributed by atoms with Crippen LogP contribution in [0, 0.1) is 0 Å². The van der Waals surface area contributed by atoms with Gasteiger partial charge in [-0.2, -0.15) is 0 Å². The number of imidazole rings is 1. The standard InChI is InChI=1S/C15H21N3O4/c1-21-9-7-17(8-10-22-2)11-12-14(15(19)20)16-13-5-3-4-6-18(12)13/h3-6H,7-11H2,1-2H3,(H,19,20). The Hall–Kier alpha value is -1.96. The zero-order valence-electron chi connectivity index (χ0n) is 12.9. The van der Waals surface area contributed by atoms with Crippen molar-refractivity contribution in [1.29, 1.82) is 0 Å². The Bertz CT molecular complexity index is 618. The molecule has 0 radical (unpaired) electrons. The summed E-state index contributed by atoms with van der Waals surface area (Å²) < 4.78 is 12.0. The van der Waals surface area contributed by atoms with Gasteiger partial charge in [-0.15, -0.1) is 0 Å². The van der Waals surface area contributed by atoms with Gasteiger partial charge < -0.3 is 19.0 Å². The first kappa shape index (κ1) is 16.4. The van der Waals surface area contributed by atoms with Crippen LogP contribution in [0.1, 0.15) is 16.2 Å². The van der Waals surface area contributed by atoms with Crippen LogP contribution in [-0.4, -0.2) is 65.9 Å². The van der Waals surface area contributed by atoms with Gasteiger partial charge in [0.15, 0.2) is 5.69 Å². The van der Waals surface area contributed by atoms with Crippen LogP contribution in [0.25, 0.3) is 5.65 Å². The van der Waals surface area contributed by atoms with Crippen LogP contribution in [0.3, 0.4) is 0 Å².